The Morgan fingerprint density at radius 1 is 1.06 bits per heavy atom. The molecule has 7 nitrogen and oxygen atoms in total. The van der Waals surface area contributed by atoms with E-state index in [4.69, 9.17) is 4.98 Å². The second kappa shape index (κ2) is 9.53. The van der Waals surface area contributed by atoms with Crippen LogP contribution in [-0.4, -0.2) is 43.7 Å². The van der Waals surface area contributed by atoms with E-state index in [0.29, 0.717) is 31.1 Å². The molecule has 170 valence electrons. The molecule has 0 aromatic carbocycles. The number of aromatic nitrogens is 3. The van der Waals surface area contributed by atoms with Crippen molar-refractivity contribution in [2.75, 3.05) is 13.1 Å². The van der Waals surface area contributed by atoms with E-state index in [2.05, 4.69) is 14.9 Å². The fourth-order valence-corrected chi connectivity index (χ4v) is 5.65. The molecule has 1 amide bonds. The minimum atomic E-state index is -0.105. The lowest BCUT2D eigenvalue weighted by molar-refractivity contribution is -0.136. The topological polar surface area (TPSA) is 82.2 Å². The van der Waals surface area contributed by atoms with Crippen LogP contribution in [0.25, 0.3) is 0 Å². The van der Waals surface area contributed by atoms with Crippen molar-refractivity contribution in [2.24, 2.45) is 5.92 Å². The summed E-state index contributed by atoms with van der Waals surface area (Å²) < 4.78 is 0. The maximum absolute atomic E-state index is 13.2. The Labute approximate surface area is 189 Å². The van der Waals surface area contributed by atoms with Crippen LogP contribution in [0.3, 0.4) is 0 Å². The average molecular weight is 436 g/mol. The summed E-state index contributed by atoms with van der Waals surface area (Å²) >= 11 is 0. The number of nitrogens with zero attached hydrogens (tertiary/aromatic N) is 4. The van der Waals surface area contributed by atoms with Crippen molar-refractivity contribution in [2.45, 2.75) is 76.9 Å². The van der Waals surface area contributed by atoms with E-state index < -0.39 is 0 Å². The first-order valence-electron chi connectivity index (χ1n) is 12.2. The van der Waals surface area contributed by atoms with Crippen LogP contribution < -0.4 is 5.56 Å². The SMILES string of the molecule is O=C(CC1CCCC1)N1CCCC[C@@H]1c1nc2c(c(=O)[nH]1)CCN(Cc1ccncc1)C2. The average Bonchev–Trinajstić information content (AvgIpc) is 3.32. The molecule has 1 aliphatic carbocycles. The van der Waals surface area contributed by atoms with E-state index in [1.807, 2.05) is 29.4 Å². The number of rotatable bonds is 5. The molecule has 0 bridgehead atoms. The van der Waals surface area contributed by atoms with Gasteiger partial charge in [-0.15, -0.1) is 0 Å². The van der Waals surface area contributed by atoms with E-state index >= 15 is 0 Å². The van der Waals surface area contributed by atoms with E-state index in [9.17, 15) is 9.59 Å². The first-order chi connectivity index (χ1) is 15.7. The highest BCUT2D eigenvalue weighted by Gasteiger charge is 2.32. The normalized spacial score (nSPS) is 22.1. The van der Waals surface area contributed by atoms with Crippen LogP contribution in [0.15, 0.2) is 29.3 Å². The summed E-state index contributed by atoms with van der Waals surface area (Å²) in [5.41, 5.74) is 2.86. The molecule has 2 aromatic rings. The van der Waals surface area contributed by atoms with Gasteiger partial charge in [0.25, 0.3) is 5.56 Å². The fraction of sp³-hybridized carbons (Fsp3) is 0.600. The number of pyridine rings is 1. The predicted octanol–water partition coefficient (Wildman–Crippen LogP) is 3.36. The second-order valence-electron chi connectivity index (χ2n) is 9.65. The van der Waals surface area contributed by atoms with Crippen LogP contribution >= 0.6 is 0 Å². The number of hydrogen-bond donors (Lipinski definition) is 1. The van der Waals surface area contributed by atoms with Gasteiger partial charge in [0.15, 0.2) is 0 Å². The van der Waals surface area contributed by atoms with Crippen molar-refractivity contribution in [3.05, 3.63) is 57.5 Å². The minimum Gasteiger partial charge on any atom is -0.333 e. The number of hydrogen-bond acceptors (Lipinski definition) is 5. The molecule has 2 aliphatic heterocycles. The lowest BCUT2D eigenvalue weighted by Crippen LogP contribution is -2.42. The number of piperidine rings is 1. The highest BCUT2D eigenvalue weighted by molar-refractivity contribution is 5.77. The van der Waals surface area contributed by atoms with Crippen LogP contribution in [0, 0.1) is 5.92 Å². The molecule has 0 unspecified atom stereocenters. The predicted molar refractivity (Wildman–Crippen MR) is 122 cm³/mol. The van der Waals surface area contributed by atoms with Gasteiger partial charge in [0, 0.05) is 50.6 Å². The van der Waals surface area contributed by atoms with Gasteiger partial charge in [-0.1, -0.05) is 12.8 Å². The quantitative estimate of drug-likeness (QED) is 0.779. The molecule has 2 fully saturated rings. The van der Waals surface area contributed by atoms with Gasteiger partial charge < -0.3 is 9.88 Å². The van der Waals surface area contributed by atoms with Crippen LogP contribution in [0.4, 0.5) is 0 Å². The molecule has 1 saturated heterocycles. The number of likely N-dealkylation sites (tertiary alicyclic amines) is 1. The van der Waals surface area contributed by atoms with Crippen LogP contribution in [0.2, 0.25) is 0 Å². The standard InChI is InChI=1S/C25H33N5O2/c31-23(15-18-5-1-2-6-18)30-13-4-3-7-22(30)24-27-21-17-29(14-10-20(21)25(32)28-24)16-19-8-11-26-12-9-19/h8-9,11-12,18,22H,1-7,10,13-17H2,(H,27,28,32)/t22-/m1/s1. The van der Waals surface area contributed by atoms with Gasteiger partial charge in [-0.2, -0.15) is 0 Å². The first kappa shape index (κ1) is 21.3. The first-order valence-corrected chi connectivity index (χ1v) is 12.2. The summed E-state index contributed by atoms with van der Waals surface area (Å²) in [6, 6.07) is 3.95. The summed E-state index contributed by atoms with van der Waals surface area (Å²) in [4.78, 5) is 42.5. The summed E-state index contributed by atoms with van der Waals surface area (Å²) in [6.07, 6.45) is 12.8. The maximum atomic E-state index is 13.2. The van der Waals surface area contributed by atoms with Crippen molar-refractivity contribution in [1.29, 1.82) is 0 Å². The Morgan fingerprint density at radius 2 is 1.84 bits per heavy atom. The lowest BCUT2D eigenvalue weighted by atomic mass is 9.97. The van der Waals surface area contributed by atoms with Crippen molar-refractivity contribution in [1.82, 2.24) is 24.8 Å². The van der Waals surface area contributed by atoms with Crippen molar-refractivity contribution >= 4 is 5.91 Å². The third-order valence-electron chi connectivity index (χ3n) is 7.40. The fourth-order valence-electron chi connectivity index (χ4n) is 5.65. The third-order valence-corrected chi connectivity index (χ3v) is 7.40. The monoisotopic (exact) mass is 435 g/mol. The number of carbonyl (C=O) groups excluding carboxylic acids is 1. The smallest absolute Gasteiger partial charge is 0.254 e. The molecule has 7 heteroatoms. The zero-order valence-electron chi connectivity index (χ0n) is 18.8. The van der Waals surface area contributed by atoms with Gasteiger partial charge in [-0.25, -0.2) is 4.98 Å². The summed E-state index contributed by atoms with van der Waals surface area (Å²) in [7, 11) is 0. The molecule has 0 radical (unpaired) electrons. The van der Waals surface area contributed by atoms with Crippen LogP contribution in [-0.2, 0) is 24.3 Å². The Bertz CT molecular complexity index is 999. The van der Waals surface area contributed by atoms with E-state index in [1.54, 1.807) is 0 Å². The van der Waals surface area contributed by atoms with Gasteiger partial charge in [-0.3, -0.25) is 19.5 Å². The summed E-state index contributed by atoms with van der Waals surface area (Å²) in [5.74, 6) is 1.45. The Hall–Kier alpha value is -2.54. The van der Waals surface area contributed by atoms with Gasteiger partial charge in [-0.05, 0) is 62.1 Å². The molecule has 1 N–H and O–H groups in total. The second-order valence-corrected chi connectivity index (χ2v) is 9.65. The number of amides is 1. The van der Waals surface area contributed by atoms with Crippen molar-refractivity contribution < 1.29 is 4.79 Å². The Kier molecular flexibility index (Phi) is 6.35. The zero-order chi connectivity index (χ0) is 21.9. The molecule has 1 atom stereocenters. The zero-order valence-corrected chi connectivity index (χ0v) is 18.8. The van der Waals surface area contributed by atoms with Crippen LogP contribution in [0.1, 0.15) is 80.1 Å². The maximum Gasteiger partial charge on any atom is 0.254 e. The largest absolute Gasteiger partial charge is 0.333 e. The molecule has 0 spiro atoms. The Morgan fingerprint density at radius 3 is 2.66 bits per heavy atom. The molecular weight excluding hydrogens is 402 g/mol. The van der Waals surface area contributed by atoms with Crippen LogP contribution in [0.5, 0.6) is 0 Å². The van der Waals surface area contributed by atoms with E-state index in [0.717, 1.165) is 50.2 Å². The van der Waals surface area contributed by atoms with Crippen molar-refractivity contribution in [3.8, 4) is 0 Å². The van der Waals surface area contributed by atoms with Crippen molar-refractivity contribution in [3.63, 3.8) is 0 Å². The van der Waals surface area contributed by atoms with E-state index in [-0.39, 0.29) is 17.5 Å². The van der Waals surface area contributed by atoms with Gasteiger partial charge in [0.2, 0.25) is 5.91 Å². The number of aromatic amines is 1. The number of nitrogens with one attached hydrogen (secondary N) is 1. The number of fused-ring (bicyclic) bond motifs is 1. The minimum absolute atomic E-state index is 0.0256. The molecule has 5 rings (SSSR count). The molecule has 2 aromatic heterocycles. The molecule has 1 saturated carbocycles. The van der Waals surface area contributed by atoms with Gasteiger partial charge in [0.05, 0.1) is 11.7 Å². The molecule has 3 aliphatic rings. The lowest BCUT2D eigenvalue weighted by Gasteiger charge is -2.36. The Balaban J connectivity index is 1.35. The molecule has 32 heavy (non-hydrogen) atoms. The van der Waals surface area contributed by atoms with E-state index in [1.165, 1.54) is 31.2 Å². The molecule has 4 heterocycles. The summed E-state index contributed by atoms with van der Waals surface area (Å²) in [5, 5.41) is 0. The highest BCUT2D eigenvalue weighted by atomic mass is 16.2. The highest BCUT2D eigenvalue weighted by Crippen LogP contribution is 2.33. The summed E-state index contributed by atoms with van der Waals surface area (Å²) in [6.45, 7) is 3.10. The van der Waals surface area contributed by atoms with Gasteiger partial charge >= 0.3 is 0 Å². The van der Waals surface area contributed by atoms with Gasteiger partial charge in [0.1, 0.15) is 5.82 Å². The number of H-pyrrole nitrogens is 1. The number of carbonyl (C=O) groups is 1. The molecular formula is C25H33N5O2. The third kappa shape index (κ3) is 4.63.